The fraction of sp³-hybridized carbons (Fsp3) is 0.533. The van der Waals surface area contributed by atoms with Crippen LogP contribution >= 0.6 is 0 Å². The molecule has 1 aliphatic rings. The molecule has 0 bridgehead atoms. The predicted octanol–water partition coefficient (Wildman–Crippen LogP) is 2.88. The second kappa shape index (κ2) is 5.67. The van der Waals surface area contributed by atoms with Crippen molar-refractivity contribution in [2.75, 3.05) is 13.1 Å². The molecule has 0 radical (unpaired) electrons. The van der Waals surface area contributed by atoms with E-state index in [0.717, 1.165) is 25.1 Å². The normalized spacial score (nSPS) is 23.9. The Bertz CT molecular complexity index is 505. The number of rotatable bonds is 3. The molecule has 3 nitrogen and oxygen atoms in total. The third kappa shape index (κ3) is 3.56. The summed E-state index contributed by atoms with van der Waals surface area (Å²) < 4.78 is 37.5. The van der Waals surface area contributed by atoms with Crippen LogP contribution in [-0.4, -0.2) is 19.0 Å². The fourth-order valence-electron chi connectivity index (χ4n) is 2.43. The van der Waals surface area contributed by atoms with Gasteiger partial charge < -0.3 is 10.6 Å². The molecule has 21 heavy (non-hydrogen) atoms. The Morgan fingerprint density at radius 2 is 1.95 bits per heavy atom. The van der Waals surface area contributed by atoms with Crippen molar-refractivity contribution in [1.29, 1.82) is 0 Å². The van der Waals surface area contributed by atoms with Crippen LogP contribution in [0.5, 0.6) is 0 Å². The topological polar surface area (TPSA) is 41.1 Å². The molecule has 116 valence electrons. The molecule has 1 heterocycles. The van der Waals surface area contributed by atoms with E-state index < -0.39 is 17.2 Å². The lowest BCUT2D eigenvalue weighted by molar-refractivity contribution is -0.137. The zero-order valence-electron chi connectivity index (χ0n) is 12.1. The third-order valence-electron chi connectivity index (χ3n) is 4.00. The van der Waals surface area contributed by atoms with Gasteiger partial charge in [-0.1, -0.05) is 12.1 Å². The number of hydrogen-bond acceptors (Lipinski definition) is 2. The van der Waals surface area contributed by atoms with Crippen LogP contribution in [0, 0.1) is 5.41 Å². The van der Waals surface area contributed by atoms with E-state index in [-0.39, 0.29) is 11.9 Å². The smallest absolute Gasteiger partial charge is 0.349 e. The van der Waals surface area contributed by atoms with Crippen LogP contribution in [0.4, 0.5) is 13.2 Å². The van der Waals surface area contributed by atoms with E-state index in [2.05, 4.69) is 10.6 Å². The molecule has 2 N–H and O–H groups in total. The van der Waals surface area contributed by atoms with Gasteiger partial charge in [-0.05, 0) is 44.5 Å². The average molecular weight is 300 g/mol. The first-order valence-corrected chi connectivity index (χ1v) is 6.91. The van der Waals surface area contributed by atoms with Crippen molar-refractivity contribution in [2.24, 2.45) is 5.41 Å². The van der Waals surface area contributed by atoms with Crippen molar-refractivity contribution in [3.63, 3.8) is 0 Å². The molecule has 2 unspecified atom stereocenters. The minimum atomic E-state index is -4.34. The molecule has 6 heteroatoms. The van der Waals surface area contributed by atoms with Crippen molar-refractivity contribution in [3.05, 3.63) is 35.4 Å². The van der Waals surface area contributed by atoms with Gasteiger partial charge >= 0.3 is 6.18 Å². The second-order valence-electron chi connectivity index (χ2n) is 5.80. The van der Waals surface area contributed by atoms with Gasteiger partial charge in [0.15, 0.2) is 0 Å². The van der Waals surface area contributed by atoms with Gasteiger partial charge in [-0.2, -0.15) is 13.2 Å². The highest BCUT2D eigenvalue weighted by Gasteiger charge is 2.37. The Morgan fingerprint density at radius 3 is 2.43 bits per heavy atom. The average Bonchev–Trinajstić information content (AvgIpc) is 2.86. The van der Waals surface area contributed by atoms with E-state index in [1.54, 1.807) is 6.92 Å². The SMILES string of the molecule is CC(NC(=O)C1(C)CCNC1)c1ccc(C(F)(F)F)cc1. The summed E-state index contributed by atoms with van der Waals surface area (Å²) in [6.07, 6.45) is -3.58. The van der Waals surface area contributed by atoms with E-state index in [1.807, 2.05) is 6.92 Å². The van der Waals surface area contributed by atoms with Gasteiger partial charge in [-0.25, -0.2) is 0 Å². The van der Waals surface area contributed by atoms with Gasteiger partial charge in [0.05, 0.1) is 17.0 Å². The quantitative estimate of drug-likeness (QED) is 0.901. The van der Waals surface area contributed by atoms with Crippen LogP contribution in [0.3, 0.4) is 0 Å². The molecule has 2 rings (SSSR count). The van der Waals surface area contributed by atoms with Crippen LogP contribution < -0.4 is 10.6 Å². The predicted molar refractivity (Wildman–Crippen MR) is 73.6 cm³/mol. The largest absolute Gasteiger partial charge is 0.416 e. The monoisotopic (exact) mass is 300 g/mol. The summed E-state index contributed by atoms with van der Waals surface area (Å²) in [5.74, 6) is -0.0695. The first kappa shape index (κ1) is 15.8. The number of amides is 1. The van der Waals surface area contributed by atoms with Gasteiger partial charge in [0, 0.05) is 6.54 Å². The number of alkyl halides is 3. The fourth-order valence-corrected chi connectivity index (χ4v) is 2.43. The maximum Gasteiger partial charge on any atom is 0.416 e. The van der Waals surface area contributed by atoms with E-state index in [4.69, 9.17) is 0 Å². The Hall–Kier alpha value is -1.56. The molecule has 1 aromatic rings. The van der Waals surface area contributed by atoms with Crippen LogP contribution in [0.1, 0.15) is 37.4 Å². The van der Waals surface area contributed by atoms with Crippen molar-refractivity contribution in [3.8, 4) is 0 Å². The molecular formula is C15H19F3N2O. The minimum Gasteiger partial charge on any atom is -0.349 e. The summed E-state index contributed by atoms with van der Waals surface area (Å²) in [5, 5.41) is 6.02. The number of carbonyl (C=O) groups excluding carboxylic acids is 1. The van der Waals surface area contributed by atoms with Crippen molar-refractivity contribution in [1.82, 2.24) is 10.6 Å². The zero-order chi connectivity index (χ0) is 15.7. The molecule has 1 aliphatic heterocycles. The summed E-state index contributed by atoms with van der Waals surface area (Å²) in [6, 6.07) is 4.57. The van der Waals surface area contributed by atoms with Crippen molar-refractivity contribution in [2.45, 2.75) is 32.5 Å². The number of halogens is 3. The van der Waals surface area contributed by atoms with Crippen LogP contribution in [0.2, 0.25) is 0 Å². The highest BCUT2D eigenvalue weighted by atomic mass is 19.4. The molecule has 0 saturated carbocycles. The molecule has 1 amide bonds. The van der Waals surface area contributed by atoms with E-state index >= 15 is 0 Å². The lowest BCUT2D eigenvalue weighted by Gasteiger charge is -2.25. The first-order chi connectivity index (χ1) is 9.72. The molecule has 0 spiro atoms. The summed E-state index contributed by atoms with van der Waals surface area (Å²) in [4.78, 5) is 12.2. The Labute approximate surface area is 121 Å². The van der Waals surface area contributed by atoms with Crippen molar-refractivity contribution < 1.29 is 18.0 Å². The standard InChI is InChI=1S/C15H19F3N2O/c1-10(20-13(21)14(2)7-8-19-9-14)11-3-5-12(6-4-11)15(16,17)18/h3-6,10,19H,7-9H2,1-2H3,(H,20,21). The minimum absolute atomic E-state index is 0.0695. The maximum absolute atomic E-state index is 12.5. The highest BCUT2D eigenvalue weighted by Crippen LogP contribution is 2.30. The van der Waals surface area contributed by atoms with E-state index in [0.29, 0.717) is 12.1 Å². The molecule has 1 aromatic carbocycles. The zero-order valence-corrected chi connectivity index (χ0v) is 12.1. The van der Waals surface area contributed by atoms with Crippen molar-refractivity contribution >= 4 is 5.91 Å². The van der Waals surface area contributed by atoms with Gasteiger partial charge in [0.2, 0.25) is 5.91 Å². The summed E-state index contributed by atoms with van der Waals surface area (Å²) in [5.41, 5.74) is -0.470. The van der Waals surface area contributed by atoms with Gasteiger partial charge in [-0.15, -0.1) is 0 Å². The Balaban J connectivity index is 2.03. The molecule has 2 atom stereocenters. The van der Waals surface area contributed by atoms with Gasteiger partial charge in [0.1, 0.15) is 0 Å². The van der Waals surface area contributed by atoms with E-state index in [1.165, 1.54) is 12.1 Å². The number of hydrogen-bond donors (Lipinski definition) is 2. The lowest BCUT2D eigenvalue weighted by atomic mass is 9.88. The van der Waals surface area contributed by atoms with Gasteiger partial charge in [-0.3, -0.25) is 4.79 Å². The first-order valence-electron chi connectivity index (χ1n) is 6.91. The molecular weight excluding hydrogens is 281 g/mol. The molecule has 1 saturated heterocycles. The summed E-state index contributed by atoms with van der Waals surface area (Å²) >= 11 is 0. The summed E-state index contributed by atoms with van der Waals surface area (Å²) in [6.45, 7) is 5.09. The number of benzene rings is 1. The van der Waals surface area contributed by atoms with Crippen LogP contribution in [0.15, 0.2) is 24.3 Å². The van der Waals surface area contributed by atoms with Gasteiger partial charge in [0.25, 0.3) is 0 Å². The molecule has 0 aliphatic carbocycles. The second-order valence-corrected chi connectivity index (χ2v) is 5.80. The maximum atomic E-state index is 12.5. The number of carbonyl (C=O) groups is 1. The number of nitrogens with one attached hydrogen (secondary N) is 2. The summed E-state index contributed by atoms with van der Waals surface area (Å²) in [7, 11) is 0. The van der Waals surface area contributed by atoms with Crippen LogP contribution in [-0.2, 0) is 11.0 Å². The highest BCUT2D eigenvalue weighted by molar-refractivity contribution is 5.83. The van der Waals surface area contributed by atoms with E-state index in [9.17, 15) is 18.0 Å². The Morgan fingerprint density at radius 1 is 1.33 bits per heavy atom. The Kier molecular flexibility index (Phi) is 4.27. The lowest BCUT2D eigenvalue weighted by Crippen LogP contribution is -2.41. The van der Waals surface area contributed by atoms with Crippen LogP contribution in [0.25, 0.3) is 0 Å². The third-order valence-corrected chi connectivity index (χ3v) is 4.00. The molecule has 0 aromatic heterocycles. The molecule has 1 fully saturated rings.